The van der Waals surface area contributed by atoms with E-state index in [0.29, 0.717) is 26.2 Å². The summed E-state index contributed by atoms with van der Waals surface area (Å²) in [5.74, 6) is 0. The van der Waals surface area contributed by atoms with Gasteiger partial charge >= 0.3 is 0 Å². The summed E-state index contributed by atoms with van der Waals surface area (Å²) in [7, 11) is 0.181. The molecule has 1 aliphatic rings. The van der Waals surface area contributed by atoms with Crippen LogP contribution < -0.4 is 5.73 Å². The zero-order valence-corrected chi connectivity index (χ0v) is 11.5. The lowest BCUT2D eigenvalue weighted by atomic mass is 10.2. The standard InChI is InChI=1S/C10H19N5O2S/c1-13-3-4-15(9(5-11)6-13)18(16,17)10-7-14(2)8-12-10/h7-9H,3-6,11H2,1-2H3. The summed E-state index contributed by atoms with van der Waals surface area (Å²) in [5.41, 5.74) is 5.68. The molecule has 0 aliphatic carbocycles. The molecule has 18 heavy (non-hydrogen) atoms. The van der Waals surface area contributed by atoms with Crippen molar-refractivity contribution in [2.75, 3.05) is 33.2 Å². The summed E-state index contributed by atoms with van der Waals surface area (Å²) < 4.78 is 28.0. The van der Waals surface area contributed by atoms with Crippen LogP contribution in [0, 0.1) is 0 Å². The van der Waals surface area contributed by atoms with Crippen molar-refractivity contribution < 1.29 is 8.42 Å². The minimum Gasteiger partial charge on any atom is -0.339 e. The molecule has 0 aromatic carbocycles. The third-order valence-electron chi connectivity index (χ3n) is 3.16. The van der Waals surface area contributed by atoms with Crippen LogP contribution in [-0.4, -0.2) is 66.4 Å². The first kappa shape index (κ1) is 13.5. The van der Waals surface area contributed by atoms with Crippen LogP contribution in [0.15, 0.2) is 17.6 Å². The Hall–Kier alpha value is -0.960. The van der Waals surface area contributed by atoms with Crippen LogP contribution >= 0.6 is 0 Å². The fraction of sp³-hybridized carbons (Fsp3) is 0.700. The van der Waals surface area contributed by atoms with Gasteiger partial charge in [-0.1, -0.05) is 0 Å². The lowest BCUT2D eigenvalue weighted by Gasteiger charge is -2.37. The van der Waals surface area contributed by atoms with E-state index in [4.69, 9.17) is 5.73 Å². The topological polar surface area (TPSA) is 84.5 Å². The maximum absolute atomic E-state index is 12.5. The Morgan fingerprint density at radius 1 is 1.44 bits per heavy atom. The summed E-state index contributed by atoms with van der Waals surface area (Å²) in [6.07, 6.45) is 3.00. The molecular weight excluding hydrogens is 254 g/mol. The SMILES string of the molecule is CN1CCN(S(=O)(=O)c2cn(C)cn2)C(CN)C1. The Morgan fingerprint density at radius 3 is 2.72 bits per heavy atom. The van der Waals surface area contributed by atoms with Crippen LogP contribution in [0.3, 0.4) is 0 Å². The maximum atomic E-state index is 12.5. The van der Waals surface area contributed by atoms with Gasteiger partial charge in [-0.3, -0.25) is 0 Å². The van der Waals surface area contributed by atoms with E-state index in [0.717, 1.165) is 0 Å². The van der Waals surface area contributed by atoms with E-state index >= 15 is 0 Å². The van der Waals surface area contributed by atoms with Crippen molar-refractivity contribution in [2.24, 2.45) is 12.8 Å². The summed E-state index contributed by atoms with van der Waals surface area (Å²) in [6, 6.07) is -0.184. The summed E-state index contributed by atoms with van der Waals surface area (Å²) >= 11 is 0. The summed E-state index contributed by atoms with van der Waals surface area (Å²) in [6.45, 7) is 2.14. The normalized spacial score (nSPS) is 23.4. The number of hydrogen-bond donors (Lipinski definition) is 1. The van der Waals surface area contributed by atoms with Crippen LogP contribution in [0.2, 0.25) is 0 Å². The minimum atomic E-state index is -3.53. The predicted octanol–water partition coefficient (Wildman–Crippen LogP) is -1.32. The van der Waals surface area contributed by atoms with Crippen molar-refractivity contribution in [3.05, 3.63) is 12.5 Å². The van der Waals surface area contributed by atoms with Gasteiger partial charge < -0.3 is 15.2 Å². The van der Waals surface area contributed by atoms with Crippen molar-refractivity contribution >= 4 is 10.0 Å². The summed E-state index contributed by atoms with van der Waals surface area (Å²) in [4.78, 5) is 6.01. The Morgan fingerprint density at radius 2 is 2.17 bits per heavy atom. The molecule has 2 rings (SSSR count). The van der Waals surface area contributed by atoms with E-state index in [-0.39, 0.29) is 11.1 Å². The molecule has 1 aromatic rings. The molecule has 2 heterocycles. The first-order chi connectivity index (χ1) is 8.45. The zero-order valence-electron chi connectivity index (χ0n) is 10.7. The third kappa shape index (κ3) is 2.41. The van der Waals surface area contributed by atoms with Gasteiger partial charge in [-0.15, -0.1) is 0 Å². The second-order valence-corrected chi connectivity index (χ2v) is 6.48. The second kappa shape index (κ2) is 4.96. The van der Waals surface area contributed by atoms with Gasteiger partial charge in [-0.2, -0.15) is 4.31 Å². The highest BCUT2D eigenvalue weighted by Crippen LogP contribution is 2.19. The van der Waals surface area contributed by atoms with Gasteiger partial charge in [-0.25, -0.2) is 13.4 Å². The molecule has 1 unspecified atom stereocenters. The van der Waals surface area contributed by atoms with Gasteiger partial charge in [0.1, 0.15) is 0 Å². The predicted molar refractivity (Wildman–Crippen MR) is 67.4 cm³/mol. The summed E-state index contributed by atoms with van der Waals surface area (Å²) in [5, 5.41) is 0.0907. The largest absolute Gasteiger partial charge is 0.339 e. The Labute approximate surface area is 107 Å². The fourth-order valence-electron chi connectivity index (χ4n) is 2.14. The van der Waals surface area contributed by atoms with Crippen molar-refractivity contribution in [2.45, 2.75) is 11.1 Å². The molecule has 102 valence electrons. The number of likely N-dealkylation sites (N-methyl/N-ethyl adjacent to an activating group) is 1. The Kier molecular flexibility index (Phi) is 3.71. The van der Waals surface area contributed by atoms with Crippen LogP contribution in [0.25, 0.3) is 0 Å². The number of nitrogens with two attached hydrogens (primary N) is 1. The number of aryl methyl sites for hydroxylation is 1. The van der Waals surface area contributed by atoms with Crippen molar-refractivity contribution in [1.29, 1.82) is 0 Å². The molecule has 1 saturated heterocycles. The number of piperazine rings is 1. The van der Waals surface area contributed by atoms with Gasteiger partial charge in [0, 0.05) is 39.4 Å². The molecule has 0 bridgehead atoms. The molecule has 8 heteroatoms. The molecule has 7 nitrogen and oxygen atoms in total. The molecule has 1 fully saturated rings. The van der Waals surface area contributed by atoms with E-state index in [1.165, 1.54) is 16.8 Å². The number of nitrogens with zero attached hydrogens (tertiary/aromatic N) is 4. The van der Waals surface area contributed by atoms with E-state index in [9.17, 15) is 8.42 Å². The van der Waals surface area contributed by atoms with Gasteiger partial charge in [0.2, 0.25) is 0 Å². The zero-order chi connectivity index (χ0) is 13.3. The molecule has 0 spiro atoms. The average Bonchev–Trinajstić information content (AvgIpc) is 2.76. The van der Waals surface area contributed by atoms with Crippen molar-refractivity contribution in [3.8, 4) is 0 Å². The minimum absolute atomic E-state index is 0.0907. The van der Waals surface area contributed by atoms with Crippen LogP contribution in [0.5, 0.6) is 0 Å². The first-order valence-electron chi connectivity index (χ1n) is 5.83. The smallest absolute Gasteiger partial charge is 0.262 e. The number of hydrogen-bond acceptors (Lipinski definition) is 5. The molecule has 1 aliphatic heterocycles. The van der Waals surface area contributed by atoms with E-state index in [2.05, 4.69) is 9.88 Å². The molecule has 0 radical (unpaired) electrons. The van der Waals surface area contributed by atoms with E-state index < -0.39 is 10.0 Å². The van der Waals surface area contributed by atoms with Gasteiger partial charge in [0.25, 0.3) is 10.0 Å². The Balaban J connectivity index is 2.29. The molecule has 0 amide bonds. The monoisotopic (exact) mass is 273 g/mol. The number of rotatable bonds is 3. The average molecular weight is 273 g/mol. The maximum Gasteiger partial charge on any atom is 0.262 e. The quantitative estimate of drug-likeness (QED) is 0.738. The highest BCUT2D eigenvalue weighted by molar-refractivity contribution is 7.89. The molecule has 1 aromatic heterocycles. The highest BCUT2D eigenvalue weighted by Gasteiger charge is 2.35. The van der Waals surface area contributed by atoms with E-state index in [1.807, 2.05) is 7.05 Å². The Bertz CT molecular complexity index is 512. The lowest BCUT2D eigenvalue weighted by Crippen LogP contribution is -2.56. The van der Waals surface area contributed by atoms with Crippen molar-refractivity contribution in [1.82, 2.24) is 18.8 Å². The molecule has 2 N–H and O–H groups in total. The lowest BCUT2D eigenvalue weighted by molar-refractivity contribution is 0.163. The molecule has 0 saturated carbocycles. The number of aromatic nitrogens is 2. The highest BCUT2D eigenvalue weighted by atomic mass is 32.2. The second-order valence-electron chi connectivity index (χ2n) is 4.64. The number of imidazole rings is 1. The third-order valence-corrected chi connectivity index (χ3v) is 5.00. The molecular formula is C10H19N5O2S. The number of sulfonamides is 1. The van der Waals surface area contributed by atoms with Crippen LogP contribution in [0.4, 0.5) is 0 Å². The molecule has 1 atom stereocenters. The van der Waals surface area contributed by atoms with Crippen LogP contribution in [0.1, 0.15) is 0 Å². The van der Waals surface area contributed by atoms with Gasteiger partial charge in [-0.05, 0) is 7.05 Å². The first-order valence-corrected chi connectivity index (χ1v) is 7.27. The van der Waals surface area contributed by atoms with Crippen molar-refractivity contribution in [3.63, 3.8) is 0 Å². The van der Waals surface area contributed by atoms with Gasteiger partial charge in [0.05, 0.1) is 12.4 Å². The van der Waals surface area contributed by atoms with Gasteiger partial charge in [0.15, 0.2) is 5.03 Å². The van der Waals surface area contributed by atoms with E-state index in [1.54, 1.807) is 11.6 Å². The fourth-order valence-corrected chi connectivity index (χ4v) is 3.73. The van der Waals surface area contributed by atoms with Crippen LogP contribution in [-0.2, 0) is 17.1 Å².